The summed E-state index contributed by atoms with van der Waals surface area (Å²) < 4.78 is 0. The maximum absolute atomic E-state index is 11.6. The molecule has 0 aromatic carbocycles. The van der Waals surface area contributed by atoms with Crippen LogP contribution in [0.5, 0.6) is 0 Å². The van der Waals surface area contributed by atoms with Crippen molar-refractivity contribution in [3.8, 4) is 0 Å². The van der Waals surface area contributed by atoms with E-state index in [2.05, 4.69) is 10.7 Å². The fourth-order valence-electron chi connectivity index (χ4n) is 1.62. The summed E-state index contributed by atoms with van der Waals surface area (Å²) in [6.45, 7) is 5.24. The Morgan fingerprint density at radius 1 is 1.50 bits per heavy atom. The van der Waals surface area contributed by atoms with Gasteiger partial charge in [0.05, 0.1) is 0 Å². The first-order valence-electron chi connectivity index (χ1n) is 5.55. The molecule has 1 aliphatic rings. The third kappa shape index (κ3) is 3.69. The Morgan fingerprint density at radius 2 is 2.19 bits per heavy atom. The van der Waals surface area contributed by atoms with E-state index in [1.807, 2.05) is 13.8 Å². The van der Waals surface area contributed by atoms with Crippen LogP contribution < -0.4 is 10.7 Å². The number of carbonyl (C=O) groups is 2. The van der Waals surface area contributed by atoms with E-state index in [0.717, 1.165) is 13.0 Å². The van der Waals surface area contributed by atoms with Crippen LogP contribution >= 0.6 is 0 Å². The number of nitrogens with one attached hydrogen (secondary N) is 2. The number of carboxylic acid groups (broad SMARTS) is 1. The van der Waals surface area contributed by atoms with E-state index < -0.39 is 12.0 Å². The third-order valence-corrected chi connectivity index (χ3v) is 2.41. The molecule has 0 radical (unpaired) electrons. The van der Waals surface area contributed by atoms with E-state index in [9.17, 15) is 9.59 Å². The Kier molecular flexibility index (Phi) is 4.54. The highest BCUT2D eigenvalue weighted by atomic mass is 16.4. The van der Waals surface area contributed by atoms with Gasteiger partial charge in [-0.1, -0.05) is 13.8 Å². The van der Waals surface area contributed by atoms with E-state index in [1.54, 1.807) is 0 Å². The van der Waals surface area contributed by atoms with Gasteiger partial charge in [-0.2, -0.15) is 0 Å². The van der Waals surface area contributed by atoms with Crippen molar-refractivity contribution in [1.82, 2.24) is 15.8 Å². The predicted octanol–water partition coefficient (Wildman–Crippen LogP) is 0.406. The molecule has 1 atom stereocenters. The monoisotopic (exact) mass is 229 g/mol. The van der Waals surface area contributed by atoms with Gasteiger partial charge < -0.3 is 10.4 Å². The van der Waals surface area contributed by atoms with Gasteiger partial charge in [-0.15, -0.1) is 0 Å². The van der Waals surface area contributed by atoms with Crippen molar-refractivity contribution in [2.45, 2.75) is 32.7 Å². The number of hydrogen-bond donors (Lipinski definition) is 3. The maximum atomic E-state index is 11.6. The number of hydrogen-bond acceptors (Lipinski definition) is 3. The molecule has 0 aromatic rings. The Balaban J connectivity index is 2.47. The lowest BCUT2D eigenvalue weighted by Gasteiger charge is -2.21. The van der Waals surface area contributed by atoms with E-state index in [0.29, 0.717) is 13.0 Å². The molecule has 0 bridgehead atoms. The zero-order chi connectivity index (χ0) is 12.1. The second-order valence-corrected chi connectivity index (χ2v) is 4.38. The number of aliphatic carboxylic acids is 1. The van der Waals surface area contributed by atoms with Gasteiger partial charge in [-0.3, -0.25) is 5.01 Å². The summed E-state index contributed by atoms with van der Waals surface area (Å²) in [7, 11) is 0. The third-order valence-electron chi connectivity index (χ3n) is 2.41. The number of urea groups is 1. The largest absolute Gasteiger partial charge is 0.480 e. The molecular weight excluding hydrogens is 210 g/mol. The van der Waals surface area contributed by atoms with Gasteiger partial charge in [0.1, 0.15) is 6.04 Å². The van der Waals surface area contributed by atoms with Gasteiger partial charge >= 0.3 is 12.0 Å². The van der Waals surface area contributed by atoms with Crippen LogP contribution in [-0.4, -0.2) is 41.2 Å². The van der Waals surface area contributed by atoms with Crippen LogP contribution in [0.25, 0.3) is 0 Å². The molecule has 0 saturated carbocycles. The first-order chi connectivity index (χ1) is 7.50. The van der Waals surface area contributed by atoms with Crippen molar-refractivity contribution in [2.24, 2.45) is 5.92 Å². The van der Waals surface area contributed by atoms with Gasteiger partial charge in [-0.05, 0) is 18.8 Å². The van der Waals surface area contributed by atoms with Gasteiger partial charge in [0.25, 0.3) is 0 Å². The maximum Gasteiger partial charge on any atom is 0.332 e. The molecule has 0 spiro atoms. The summed E-state index contributed by atoms with van der Waals surface area (Å²) in [6.07, 6.45) is 1.34. The fourth-order valence-corrected chi connectivity index (χ4v) is 1.62. The van der Waals surface area contributed by atoms with Crippen LogP contribution in [0.4, 0.5) is 4.79 Å². The molecule has 0 unspecified atom stereocenters. The minimum Gasteiger partial charge on any atom is -0.480 e. The summed E-state index contributed by atoms with van der Waals surface area (Å²) in [5.74, 6) is -0.755. The molecule has 1 saturated heterocycles. The van der Waals surface area contributed by atoms with Gasteiger partial charge in [0, 0.05) is 13.1 Å². The number of hydrazine groups is 1. The number of rotatable bonds is 4. The van der Waals surface area contributed by atoms with Crippen LogP contribution in [0.1, 0.15) is 26.7 Å². The molecule has 92 valence electrons. The fraction of sp³-hybridized carbons (Fsp3) is 0.800. The predicted molar refractivity (Wildman–Crippen MR) is 58.7 cm³/mol. The standard InChI is InChI=1S/C10H19N3O3/c1-7(2)6-8(9(14)15)12-10(16)13-5-3-4-11-13/h7-8,11H,3-6H2,1-2H3,(H,12,16)(H,14,15)/t8-/m0/s1. The van der Waals surface area contributed by atoms with Crippen LogP contribution in [0.15, 0.2) is 0 Å². The molecule has 3 N–H and O–H groups in total. The average molecular weight is 229 g/mol. The van der Waals surface area contributed by atoms with Crippen LogP contribution in [0, 0.1) is 5.92 Å². The quantitative estimate of drug-likeness (QED) is 0.652. The normalized spacial score (nSPS) is 17.6. The highest BCUT2D eigenvalue weighted by Crippen LogP contribution is 2.06. The molecule has 1 fully saturated rings. The molecule has 16 heavy (non-hydrogen) atoms. The Labute approximate surface area is 95.0 Å². The van der Waals surface area contributed by atoms with E-state index in [-0.39, 0.29) is 11.9 Å². The number of nitrogens with zero attached hydrogens (tertiary/aromatic N) is 1. The summed E-state index contributed by atoms with van der Waals surface area (Å²) >= 11 is 0. The number of carboxylic acids is 1. The number of amides is 2. The minimum atomic E-state index is -0.985. The lowest BCUT2D eigenvalue weighted by atomic mass is 10.0. The van der Waals surface area contributed by atoms with Crippen molar-refractivity contribution in [2.75, 3.05) is 13.1 Å². The lowest BCUT2D eigenvalue weighted by molar-refractivity contribution is -0.139. The molecule has 6 heteroatoms. The second kappa shape index (κ2) is 5.69. The molecule has 1 rings (SSSR count). The smallest absolute Gasteiger partial charge is 0.332 e. The van der Waals surface area contributed by atoms with Gasteiger partial charge in [-0.25, -0.2) is 15.0 Å². The molecule has 1 aliphatic heterocycles. The first kappa shape index (κ1) is 12.8. The summed E-state index contributed by atoms with van der Waals surface area (Å²) in [6, 6.07) is -1.17. The SMILES string of the molecule is CC(C)C[C@H](NC(=O)N1CCCN1)C(=O)O. The highest BCUT2D eigenvalue weighted by molar-refractivity contribution is 5.82. The molecule has 2 amide bonds. The topological polar surface area (TPSA) is 81.7 Å². The minimum absolute atomic E-state index is 0.230. The summed E-state index contributed by atoms with van der Waals surface area (Å²) in [5.41, 5.74) is 2.88. The van der Waals surface area contributed by atoms with Crippen LogP contribution in [0.3, 0.4) is 0 Å². The van der Waals surface area contributed by atoms with E-state index in [1.165, 1.54) is 5.01 Å². The zero-order valence-corrected chi connectivity index (χ0v) is 9.69. The van der Waals surface area contributed by atoms with Crippen molar-refractivity contribution in [1.29, 1.82) is 0 Å². The van der Waals surface area contributed by atoms with Crippen LogP contribution in [-0.2, 0) is 4.79 Å². The Morgan fingerprint density at radius 3 is 2.62 bits per heavy atom. The van der Waals surface area contributed by atoms with Crippen molar-refractivity contribution in [3.63, 3.8) is 0 Å². The molecule has 6 nitrogen and oxygen atoms in total. The van der Waals surface area contributed by atoms with Crippen molar-refractivity contribution >= 4 is 12.0 Å². The Hall–Kier alpha value is -1.30. The van der Waals surface area contributed by atoms with Gasteiger partial charge in [0.15, 0.2) is 0 Å². The zero-order valence-electron chi connectivity index (χ0n) is 9.69. The van der Waals surface area contributed by atoms with E-state index in [4.69, 9.17) is 5.11 Å². The second-order valence-electron chi connectivity index (χ2n) is 4.38. The average Bonchev–Trinajstić information content (AvgIpc) is 2.68. The molecule has 1 heterocycles. The van der Waals surface area contributed by atoms with Crippen molar-refractivity contribution in [3.05, 3.63) is 0 Å². The van der Waals surface area contributed by atoms with E-state index >= 15 is 0 Å². The summed E-state index contributed by atoms with van der Waals surface area (Å²) in [4.78, 5) is 22.6. The molecular formula is C10H19N3O3. The Bertz CT molecular complexity index is 262. The lowest BCUT2D eigenvalue weighted by Crippen LogP contribution is -2.50. The van der Waals surface area contributed by atoms with Gasteiger partial charge in [0.2, 0.25) is 0 Å². The highest BCUT2D eigenvalue weighted by Gasteiger charge is 2.25. The summed E-state index contributed by atoms with van der Waals surface area (Å²) in [5, 5.41) is 12.9. The number of carbonyl (C=O) groups excluding carboxylic acids is 1. The van der Waals surface area contributed by atoms with Crippen molar-refractivity contribution < 1.29 is 14.7 Å². The van der Waals surface area contributed by atoms with Crippen LogP contribution in [0.2, 0.25) is 0 Å². The first-order valence-corrected chi connectivity index (χ1v) is 5.55. The molecule has 0 aliphatic carbocycles. The molecule has 0 aromatic heterocycles.